The molecule has 2 N–H and O–H groups in total. The van der Waals surface area contributed by atoms with Gasteiger partial charge in [-0.15, -0.1) is 0 Å². The summed E-state index contributed by atoms with van der Waals surface area (Å²) in [5.74, 6) is 1.39. The van der Waals surface area contributed by atoms with E-state index in [0.29, 0.717) is 31.3 Å². The van der Waals surface area contributed by atoms with Crippen molar-refractivity contribution in [3.63, 3.8) is 0 Å². The Hall–Kier alpha value is -1.26. The number of aliphatic hydroxyl groups is 1. The van der Waals surface area contributed by atoms with Crippen LogP contribution in [-0.4, -0.2) is 31.4 Å². The third kappa shape index (κ3) is 4.40. The Morgan fingerprint density at radius 1 is 1.11 bits per heavy atom. The monoisotopic (exact) mass is 267 g/mol. The van der Waals surface area contributed by atoms with Crippen LogP contribution in [0.2, 0.25) is 0 Å². The maximum Gasteiger partial charge on any atom is 0.161 e. The molecule has 0 heterocycles. The highest BCUT2D eigenvalue weighted by molar-refractivity contribution is 5.44. The van der Waals surface area contributed by atoms with Crippen molar-refractivity contribution >= 4 is 0 Å². The zero-order chi connectivity index (χ0) is 14.3. The molecule has 0 aliphatic carbocycles. The average molecular weight is 267 g/mol. The summed E-state index contributed by atoms with van der Waals surface area (Å²) in [7, 11) is 0. The molecule has 1 aromatic carbocycles. The maximum atomic E-state index is 10.5. The molecule has 1 aromatic rings. The molecule has 0 spiro atoms. The van der Waals surface area contributed by atoms with Crippen LogP contribution < -0.4 is 14.8 Å². The molecule has 0 saturated heterocycles. The first-order valence-corrected chi connectivity index (χ1v) is 6.88. The van der Waals surface area contributed by atoms with E-state index < -0.39 is 5.60 Å². The summed E-state index contributed by atoms with van der Waals surface area (Å²) in [6, 6.07) is 5.58. The van der Waals surface area contributed by atoms with Crippen LogP contribution in [0.15, 0.2) is 18.2 Å². The number of nitrogens with one attached hydrogen (secondary N) is 1. The summed E-state index contributed by atoms with van der Waals surface area (Å²) in [4.78, 5) is 0. The van der Waals surface area contributed by atoms with Gasteiger partial charge in [0.15, 0.2) is 11.5 Å². The Balaban J connectivity index is 2.99. The van der Waals surface area contributed by atoms with Gasteiger partial charge in [0.2, 0.25) is 0 Å². The van der Waals surface area contributed by atoms with Crippen LogP contribution in [0, 0.1) is 0 Å². The molecule has 1 atom stereocenters. The number of benzene rings is 1. The standard InChI is InChI=1S/C15H25NO3/c1-5-16-11-15(4,17)12-8-9-13(18-6-2)14(10-12)19-7-3/h8-10,16-17H,5-7,11H2,1-4H3. The normalized spacial score (nSPS) is 13.9. The third-order valence-electron chi connectivity index (χ3n) is 2.88. The van der Waals surface area contributed by atoms with E-state index in [4.69, 9.17) is 9.47 Å². The quantitative estimate of drug-likeness (QED) is 0.759. The predicted molar refractivity (Wildman–Crippen MR) is 76.9 cm³/mol. The van der Waals surface area contributed by atoms with Crippen molar-refractivity contribution in [2.45, 2.75) is 33.3 Å². The summed E-state index contributed by atoms with van der Waals surface area (Å²) in [5.41, 5.74) is -0.104. The molecule has 0 aliphatic heterocycles. The van der Waals surface area contributed by atoms with Crippen LogP contribution in [-0.2, 0) is 5.60 Å². The summed E-state index contributed by atoms with van der Waals surface area (Å²) >= 11 is 0. The van der Waals surface area contributed by atoms with Crippen molar-refractivity contribution in [1.29, 1.82) is 0 Å². The molecule has 108 valence electrons. The van der Waals surface area contributed by atoms with Crippen molar-refractivity contribution in [1.82, 2.24) is 5.32 Å². The second-order valence-corrected chi connectivity index (χ2v) is 4.58. The van der Waals surface area contributed by atoms with Crippen LogP contribution in [0.25, 0.3) is 0 Å². The van der Waals surface area contributed by atoms with Crippen LogP contribution in [0.3, 0.4) is 0 Å². The SMILES string of the molecule is CCNCC(C)(O)c1ccc(OCC)c(OCC)c1. The lowest BCUT2D eigenvalue weighted by Gasteiger charge is -2.25. The summed E-state index contributed by atoms with van der Waals surface area (Å²) in [5, 5.41) is 13.6. The molecule has 0 saturated carbocycles. The Labute approximate surface area is 115 Å². The fourth-order valence-corrected chi connectivity index (χ4v) is 1.86. The van der Waals surface area contributed by atoms with Gasteiger partial charge in [-0.1, -0.05) is 13.0 Å². The summed E-state index contributed by atoms with van der Waals surface area (Å²) in [6.07, 6.45) is 0. The molecule has 0 aliphatic rings. The van der Waals surface area contributed by atoms with Crippen molar-refractivity contribution in [2.24, 2.45) is 0 Å². The molecule has 19 heavy (non-hydrogen) atoms. The Bertz CT molecular complexity index is 391. The highest BCUT2D eigenvalue weighted by Crippen LogP contribution is 2.32. The lowest BCUT2D eigenvalue weighted by Crippen LogP contribution is -2.35. The van der Waals surface area contributed by atoms with E-state index in [1.807, 2.05) is 39.0 Å². The fraction of sp³-hybridized carbons (Fsp3) is 0.600. The topological polar surface area (TPSA) is 50.7 Å². The van der Waals surface area contributed by atoms with Gasteiger partial charge in [-0.2, -0.15) is 0 Å². The van der Waals surface area contributed by atoms with Gasteiger partial charge in [0.1, 0.15) is 0 Å². The number of ether oxygens (including phenoxy) is 2. The number of rotatable bonds is 8. The van der Waals surface area contributed by atoms with Gasteiger partial charge in [0, 0.05) is 6.54 Å². The van der Waals surface area contributed by atoms with Gasteiger partial charge in [0.05, 0.1) is 18.8 Å². The molecule has 4 heteroatoms. The lowest BCUT2D eigenvalue weighted by atomic mass is 9.95. The maximum absolute atomic E-state index is 10.5. The van der Waals surface area contributed by atoms with Gasteiger partial charge in [0.25, 0.3) is 0 Å². The first-order chi connectivity index (χ1) is 9.05. The second kappa shape index (κ2) is 7.36. The van der Waals surface area contributed by atoms with Crippen LogP contribution in [0.5, 0.6) is 11.5 Å². The Morgan fingerprint density at radius 3 is 2.32 bits per heavy atom. The van der Waals surface area contributed by atoms with Crippen LogP contribution >= 0.6 is 0 Å². The van der Waals surface area contributed by atoms with Gasteiger partial charge >= 0.3 is 0 Å². The Morgan fingerprint density at radius 2 is 1.74 bits per heavy atom. The minimum absolute atomic E-state index is 0.503. The fourth-order valence-electron chi connectivity index (χ4n) is 1.86. The molecule has 0 aromatic heterocycles. The average Bonchev–Trinajstić information content (AvgIpc) is 2.39. The summed E-state index contributed by atoms with van der Waals surface area (Å²) in [6.45, 7) is 10.2. The third-order valence-corrected chi connectivity index (χ3v) is 2.88. The van der Waals surface area contributed by atoms with Gasteiger partial charge in [-0.3, -0.25) is 0 Å². The first-order valence-electron chi connectivity index (χ1n) is 6.88. The molecule has 0 amide bonds. The molecule has 0 fully saturated rings. The molecule has 0 bridgehead atoms. The number of hydrogen-bond acceptors (Lipinski definition) is 4. The van der Waals surface area contributed by atoms with Crippen molar-refractivity contribution in [2.75, 3.05) is 26.3 Å². The van der Waals surface area contributed by atoms with Crippen LogP contribution in [0.1, 0.15) is 33.3 Å². The van der Waals surface area contributed by atoms with Crippen LogP contribution in [0.4, 0.5) is 0 Å². The zero-order valence-electron chi connectivity index (χ0n) is 12.3. The lowest BCUT2D eigenvalue weighted by molar-refractivity contribution is 0.0572. The largest absolute Gasteiger partial charge is 0.490 e. The van der Waals surface area contributed by atoms with E-state index >= 15 is 0 Å². The molecule has 4 nitrogen and oxygen atoms in total. The molecule has 1 unspecified atom stereocenters. The van der Waals surface area contributed by atoms with E-state index in [1.54, 1.807) is 6.92 Å². The highest BCUT2D eigenvalue weighted by Gasteiger charge is 2.24. The van der Waals surface area contributed by atoms with Gasteiger partial charge < -0.3 is 19.9 Å². The van der Waals surface area contributed by atoms with Gasteiger partial charge in [-0.05, 0) is 45.0 Å². The second-order valence-electron chi connectivity index (χ2n) is 4.58. The number of likely N-dealkylation sites (N-methyl/N-ethyl adjacent to an activating group) is 1. The molecular weight excluding hydrogens is 242 g/mol. The van der Waals surface area contributed by atoms with E-state index in [2.05, 4.69) is 5.32 Å². The van der Waals surface area contributed by atoms with Crippen molar-refractivity contribution in [3.05, 3.63) is 23.8 Å². The number of hydrogen-bond donors (Lipinski definition) is 2. The minimum atomic E-state index is -0.924. The molecular formula is C15H25NO3. The van der Waals surface area contributed by atoms with E-state index in [9.17, 15) is 5.11 Å². The first kappa shape index (κ1) is 15.8. The summed E-state index contributed by atoms with van der Waals surface area (Å²) < 4.78 is 11.1. The Kier molecular flexibility index (Phi) is 6.12. The van der Waals surface area contributed by atoms with E-state index in [-0.39, 0.29) is 0 Å². The van der Waals surface area contributed by atoms with E-state index in [0.717, 1.165) is 12.1 Å². The smallest absolute Gasteiger partial charge is 0.161 e. The van der Waals surface area contributed by atoms with Gasteiger partial charge in [-0.25, -0.2) is 0 Å². The molecule has 0 radical (unpaired) electrons. The van der Waals surface area contributed by atoms with E-state index in [1.165, 1.54) is 0 Å². The highest BCUT2D eigenvalue weighted by atomic mass is 16.5. The predicted octanol–water partition coefficient (Wildman–Crippen LogP) is 2.30. The zero-order valence-corrected chi connectivity index (χ0v) is 12.3. The van der Waals surface area contributed by atoms with Crippen molar-refractivity contribution < 1.29 is 14.6 Å². The minimum Gasteiger partial charge on any atom is -0.490 e. The van der Waals surface area contributed by atoms with Crippen molar-refractivity contribution in [3.8, 4) is 11.5 Å². The molecule has 1 rings (SSSR count).